The van der Waals surface area contributed by atoms with Gasteiger partial charge in [0.05, 0.1) is 6.20 Å². The SMILES string of the molecule is CC(C)n1nccc1NC(=O)c1ccc(N)c(Br)c1. The fourth-order valence-electron chi connectivity index (χ4n) is 1.68. The van der Waals surface area contributed by atoms with Crippen LogP contribution in [0.15, 0.2) is 34.9 Å². The number of amides is 1. The van der Waals surface area contributed by atoms with Gasteiger partial charge in [0, 0.05) is 27.8 Å². The molecule has 2 rings (SSSR count). The van der Waals surface area contributed by atoms with Gasteiger partial charge in [0.15, 0.2) is 0 Å². The van der Waals surface area contributed by atoms with Crippen molar-refractivity contribution in [3.05, 3.63) is 40.5 Å². The second-order valence-electron chi connectivity index (χ2n) is 4.45. The Balaban J connectivity index is 2.21. The van der Waals surface area contributed by atoms with Gasteiger partial charge in [-0.05, 0) is 48.0 Å². The van der Waals surface area contributed by atoms with Crippen molar-refractivity contribution in [1.29, 1.82) is 0 Å². The minimum atomic E-state index is -0.192. The van der Waals surface area contributed by atoms with Crippen LogP contribution < -0.4 is 11.1 Å². The highest BCUT2D eigenvalue weighted by molar-refractivity contribution is 9.10. The fraction of sp³-hybridized carbons (Fsp3) is 0.231. The van der Waals surface area contributed by atoms with E-state index in [-0.39, 0.29) is 11.9 Å². The molecule has 3 N–H and O–H groups in total. The highest BCUT2D eigenvalue weighted by Gasteiger charge is 2.12. The molecule has 0 unspecified atom stereocenters. The molecule has 0 aliphatic heterocycles. The summed E-state index contributed by atoms with van der Waals surface area (Å²) in [6.45, 7) is 4.00. The van der Waals surface area contributed by atoms with Crippen LogP contribution >= 0.6 is 15.9 Å². The molecule has 0 bridgehead atoms. The van der Waals surface area contributed by atoms with Gasteiger partial charge in [0.2, 0.25) is 0 Å². The molecule has 0 radical (unpaired) electrons. The molecule has 6 heteroatoms. The lowest BCUT2D eigenvalue weighted by Gasteiger charge is -2.12. The summed E-state index contributed by atoms with van der Waals surface area (Å²) in [5.41, 5.74) is 6.84. The number of nitrogens with one attached hydrogen (secondary N) is 1. The fourth-order valence-corrected chi connectivity index (χ4v) is 2.06. The Hall–Kier alpha value is -1.82. The number of nitrogens with two attached hydrogens (primary N) is 1. The third-order valence-electron chi connectivity index (χ3n) is 2.66. The maximum Gasteiger partial charge on any atom is 0.256 e. The summed E-state index contributed by atoms with van der Waals surface area (Å²) in [5.74, 6) is 0.482. The summed E-state index contributed by atoms with van der Waals surface area (Å²) in [7, 11) is 0. The summed E-state index contributed by atoms with van der Waals surface area (Å²) in [6, 6.07) is 7.03. The molecule has 0 atom stereocenters. The lowest BCUT2D eigenvalue weighted by molar-refractivity contribution is 0.102. The molecule has 1 aromatic heterocycles. The molecule has 1 heterocycles. The van der Waals surface area contributed by atoms with E-state index in [2.05, 4.69) is 26.3 Å². The average molecular weight is 323 g/mol. The number of rotatable bonds is 3. The molecule has 0 aliphatic rings. The van der Waals surface area contributed by atoms with Crippen LogP contribution in [0.25, 0.3) is 0 Å². The van der Waals surface area contributed by atoms with E-state index in [9.17, 15) is 4.79 Å². The Morgan fingerprint density at radius 1 is 1.42 bits per heavy atom. The van der Waals surface area contributed by atoms with Crippen molar-refractivity contribution in [3.63, 3.8) is 0 Å². The van der Waals surface area contributed by atoms with Crippen molar-refractivity contribution >= 4 is 33.3 Å². The topological polar surface area (TPSA) is 72.9 Å². The number of benzene rings is 1. The van der Waals surface area contributed by atoms with Crippen molar-refractivity contribution < 1.29 is 4.79 Å². The van der Waals surface area contributed by atoms with Crippen LogP contribution in [-0.4, -0.2) is 15.7 Å². The van der Waals surface area contributed by atoms with E-state index >= 15 is 0 Å². The Morgan fingerprint density at radius 3 is 2.79 bits per heavy atom. The van der Waals surface area contributed by atoms with E-state index < -0.39 is 0 Å². The van der Waals surface area contributed by atoms with Crippen LogP contribution in [0.4, 0.5) is 11.5 Å². The Bertz CT molecular complexity index is 606. The predicted molar refractivity (Wildman–Crippen MR) is 79.1 cm³/mol. The molecule has 2 aromatic rings. The first-order valence-corrected chi connectivity index (χ1v) is 6.68. The minimum absolute atomic E-state index is 0.184. The van der Waals surface area contributed by atoms with Crippen molar-refractivity contribution in [2.45, 2.75) is 19.9 Å². The molecule has 0 saturated heterocycles. The first kappa shape index (κ1) is 13.6. The maximum absolute atomic E-state index is 12.1. The summed E-state index contributed by atoms with van der Waals surface area (Å²) in [5, 5.41) is 7.00. The highest BCUT2D eigenvalue weighted by Crippen LogP contribution is 2.21. The number of carbonyl (C=O) groups excluding carboxylic acids is 1. The molecular weight excluding hydrogens is 308 g/mol. The van der Waals surface area contributed by atoms with Gasteiger partial charge in [-0.25, -0.2) is 4.68 Å². The number of hydrogen-bond acceptors (Lipinski definition) is 3. The molecule has 0 aliphatic carbocycles. The van der Waals surface area contributed by atoms with E-state index in [1.54, 1.807) is 35.1 Å². The molecular formula is C13H15BrN4O. The first-order valence-electron chi connectivity index (χ1n) is 5.89. The number of nitrogen functional groups attached to an aromatic ring is 1. The van der Waals surface area contributed by atoms with Gasteiger partial charge in [-0.3, -0.25) is 4.79 Å². The summed E-state index contributed by atoms with van der Waals surface area (Å²) in [4.78, 5) is 12.1. The Labute approximate surface area is 119 Å². The van der Waals surface area contributed by atoms with Gasteiger partial charge in [0.25, 0.3) is 5.91 Å². The third kappa shape index (κ3) is 2.96. The second-order valence-corrected chi connectivity index (χ2v) is 5.30. The van der Waals surface area contributed by atoms with Gasteiger partial charge >= 0.3 is 0 Å². The number of hydrogen-bond donors (Lipinski definition) is 2. The minimum Gasteiger partial charge on any atom is -0.398 e. The zero-order valence-electron chi connectivity index (χ0n) is 10.7. The van der Waals surface area contributed by atoms with Gasteiger partial charge in [-0.1, -0.05) is 0 Å². The number of aromatic nitrogens is 2. The molecule has 5 nitrogen and oxygen atoms in total. The summed E-state index contributed by atoms with van der Waals surface area (Å²) in [6.07, 6.45) is 1.66. The second kappa shape index (κ2) is 5.44. The van der Waals surface area contributed by atoms with Crippen molar-refractivity contribution in [1.82, 2.24) is 9.78 Å². The molecule has 0 saturated carbocycles. The quantitative estimate of drug-likeness (QED) is 0.853. The Kier molecular flexibility index (Phi) is 3.90. The maximum atomic E-state index is 12.1. The van der Waals surface area contributed by atoms with Crippen LogP contribution in [-0.2, 0) is 0 Å². The van der Waals surface area contributed by atoms with Crippen LogP contribution in [0.5, 0.6) is 0 Å². The lowest BCUT2D eigenvalue weighted by Crippen LogP contribution is -2.16. The molecule has 0 spiro atoms. The lowest BCUT2D eigenvalue weighted by atomic mass is 10.2. The molecule has 1 amide bonds. The van der Waals surface area contributed by atoms with Gasteiger partial charge in [-0.15, -0.1) is 0 Å². The number of halogens is 1. The molecule has 100 valence electrons. The van der Waals surface area contributed by atoms with E-state index in [0.717, 1.165) is 0 Å². The van der Waals surface area contributed by atoms with Crippen LogP contribution in [0, 0.1) is 0 Å². The molecule has 19 heavy (non-hydrogen) atoms. The van der Waals surface area contributed by atoms with E-state index in [1.807, 2.05) is 13.8 Å². The summed E-state index contributed by atoms with van der Waals surface area (Å²) >= 11 is 3.31. The van der Waals surface area contributed by atoms with Crippen molar-refractivity contribution in [2.24, 2.45) is 0 Å². The van der Waals surface area contributed by atoms with Crippen LogP contribution in [0.3, 0.4) is 0 Å². The molecule has 0 fully saturated rings. The van der Waals surface area contributed by atoms with Gasteiger partial charge < -0.3 is 11.1 Å². The largest absolute Gasteiger partial charge is 0.398 e. The number of anilines is 2. The van der Waals surface area contributed by atoms with Gasteiger partial charge in [-0.2, -0.15) is 5.10 Å². The van der Waals surface area contributed by atoms with Crippen molar-refractivity contribution in [3.8, 4) is 0 Å². The van der Waals surface area contributed by atoms with Crippen LogP contribution in [0.1, 0.15) is 30.2 Å². The highest BCUT2D eigenvalue weighted by atomic mass is 79.9. The third-order valence-corrected chi connectivity index (χ3v) is 3.35. The smallest absolute Gasteiger partial charge is 0.256 e. The zero-order valence-corrected chi connectivity index (χ0v) is 12.3. The summed E-state index contributed by atoms with van der Waals surface area (Å²) < 4.78 is 2.46. The van der Waals surface area contributed by atoms with Crippen LogP contribution in [0.2, 0.25) is 0 Å². The zero-order chi connectivity index (χ0) is 14.0. The number of nitrogens with zero attached hydrogens (tertiary/aromatic N) is 2. The van der Waals surface area contributed by atoms with Gasteiger partial charge in [0.1, 0.15) is 5.82 Å². The normalized spacial score (nSPS) is 10.7. The standard InChI is InChI=1S/C13H15BrN4O/c1-8(2)18-12(5-6-16-18)17-13(19)9-3-4-11(15)10(14)7-9/h3-8H,15H2,1-2H3,(H,17,19). The van der Waals surface area contributed by atoms with E-state index in [1.165, 1.54) is 0 Å². The number of carbonyl (C=O) groups is 1. The monoisotopic (exact) mass is 322 g/mol. The van der Waals surface area contributed by atoms with Crippen molar-refractivity contribution in [2.75, 3.05) is 11.1 Å². The predicted octanol–water partition coefficient (Wildman–Crippen LogP) is 3.06. The Morgan fingerprint density at radius 2 is 2.16 bits per heavy atom. The first-order chi connectivity index (χ1) is 8.99. The van der Waals surface area contributed by atoms with E-state index in [0.29, 0.717) is 21.5 Å². The van der Waals surface area contributed by atoms with E-state index in [4.69, 9.17) is 5.73 Å². The average Bonchev–Trinajstić information content (AvgIpc) is 2.80. The molecule has 1 aromatic carbocycles.